The van der Waals surface area contributed by atoms with E-state index in [4.69, 9.17) is 11.6 Å². The van der Waals surface area contributed by atoms with Gasteiger partial charge in [0.1, 0.15) is 5.15 Å². The van der Waals surface area contributed by atoms with Gasteiger partial charge in [-0.1, -0.05) is 25.4 Å². The molecule has 2 N–H and O–H groups in total. The number of aromatic nitrogens is 1. The van der Waals surface area contributed by atoms with E-state index < -0.39 is 0 Å². The Morgan fingerprint density at radius 3 is 2.68 bits per heavy atom. The molecule has 0 unspecified atom stereocenters. The highest BCUT2D eigenvalue weighted by Crippen LogP contribution is 2.25. The monoisotopic (exact) mass is 348 g/mol. The second kappa shape index (κ2) is 7.22. The number of aliphatic hydroxyl groups is 1. The number of hydrogen-bond acceptors (Lipinski definition) is 3. The van der Waals surface area contributed by atoms with Gasteiger partial charge < -0.3 is 10.4 Å². The van der Waals surface area contributed by atoms with Crippen molar-refractivity contribution in [1.29, 1.82) is 0 Å². The molecule has 1 heterocycles. The molecule has 0 atom stereocenters. The summed E-state index contributed by atoms with van der Waals surface area (Å²) in [5.41, 5.74) is 0.0526. The zero-order valence-electron chi connectivity index (χ0n) is 11.0. The Hall–Kier alpha value is -0.650. The van der Waals surface area contributed by atoms with E-state index >= 15 is 0 Å². The zero-order chi connectivity index (χ0) is 14.5. The number of nitrogens with one attached hydrogen (secondary N) is 1. The van der Waals surface area contributed by atoms with Gasteiger partial charge in [-0.05, 0) is 34.8 Å². The number of halogens is 2. The van der Waals surface area contributed by atoms with E-state index in [1.807, 2.05) is 13.8 Å². The third-order valence-electron chi connectivity index (χ3n) is 3.51. The average Bonchev–Trinajstić information content (AvgIpc) is 2.43. The van der Waals surface area contributed by atoms with Gasteiger partial charge in [-0.2, -0.15) is 0 Å². The molecular weight excluding hydrogens is 332 g/mol. The van der Waals surface area contributed by atoms with Gasteiger partial charge in [0.25, 0.3) is 5.91 Å². The molecule has 0 saturated carbocycles. The van der Waals surface area contributed by atoms with Crippen molar-refractivity contribution in [2.24, 2.45) is 5.41 Å². The molecule has 0 aliphatic heterocycles. The van der Waals surface area contributed by atoms with Gasteiger partial charge in [0.05, 0.1) is 12.2 Å². The summed E-state index contributed by atoms with van der Waals surface area (Å²) in [6.07, 6.45) is 3.13. The van der Waals surface area contributed by atoms with Crippen molar-refractivity contribution >= 4 is 33.4 Å². The van der Waals surface area contributed by atoms with Gasteiger partial charge in [0.2, 0.25) is 0 Å². The molecule has 0 fully saturated rings. The number of rotatable bonds is 6. The number of pyridine rings is 1. The Labute approximate surface area is 126 Å². The van der Waals surface area contributed by atoms with Crippen molar-refractivity contribution in [3.63, 3.8) is 0 Å². The van der Waals surface area contributed by atoms with Crippen LogP contribution in [0.4, 0.5) is 0 Å². The van der Waals surface area contributed by atoms with Gasteiger partial charge >= 0.3 is 0 Å². The quantitative estimate of drug-likeness (QED) is 0.776. The lowest BCUT2D eigenvalue weighted by atomic mass is 9.83. The number of aliphatic hydroxyl groups excluding tert-OH is 1. The van der Waals surface area contributed by atoms with Crippen LogP contribution in [0, 0.1) is 5.41 Å². The minimum atomic E-state index is -0.279. The molecule has 0 saturated heterocycles. The molecule has 1 rings (SSSR count). The van der Waals surface area contributed by atoms with Crippen molar-refractivity contribution in [1.82, 2.24) is 10.3 Å². The maximum absolute atomic E-state index is 12.1. The Bertz CT molecular complexity index is 442. The maximum atomic E-state index is 12.1. The molecule has 106 valence electrons. The highest BCUT2D eigenvalue weighted by atomic mass is 79.9. The number of nitrogens with zero attached hydrogens (tertiary/aromatic N) is 1. The Morgan fingerprint density at radius 1 is 1.53 bits per heavy atom. The first-order valence-corrected chi connectivity index (χ1v) is 7.35. The van der Waals surface area contributed by atoms with E-state index in [2.05, 4.69) is 26.2 Å². The minimum Gasteiger partial charge on any atom is -0.396 e. The highest BCUT2D eigenvalue weighted by Gasteiger charge is 2.26. The predicted molar refractivity (Wildman–Crippen MR) is 79.4 cm³/mol. The second-order valence-electron chi connectivity index (χ2n) is 4.54. The van der Waals surface area contributed by atoms with Gasteiger partial charge in [-0.25, -0.2) is 4.98 Å². The third-order valence-corrected chi connectivity index (χ3v) is 4.24. The fraction of sp³-hybridized carbons (Fsp3) is 0.538. The van der Waals surface area contributed by atoms with Crippen LogP contribution in [0.5, 0.6) is 0 Å². The van der Waals surface area contributed by atoms with Crippen LogP contribution < -0.4 is 5.32 Å². The maximum Gasteiger partial charge on any atom is 0.254 e. The lowest BCUT2D eigenvalue weighted by Gasteiger charge is -2.29. The van der Waals surface area contributed by atoms with Gasteiger partial charge in [0.15, 0.2) is 0 Å². The second-order valence-corrected chi connectivity index (χ2v) is 5.81. The summed E-state index contributed by atoms with van der Waals surface area (Å²) >= 11 is 9.16. The first kappa shape index (κ1) is 16.4. The van der Waals surface area contributed by atoms with Crippen molar-refractivity contribution < 1.29 is 9.90 Å². The number of hydrogen-bond donors (Lipinski definition) is 2. The molecule has 0 bridgehead atoms. The smallest absolute Gasteiger partial charge is 0.254 e. The minimum absolute atomic E-state index is 0.0464. The van der Waals surface area contributed by atoms with Crippen molar-refractivity contribution in [3.05, 3.63) is 27.5 Å². The largest absolute Gasteiger partial charge is 0.396 e. The van der Waals surface area contributed by atoms with Crippen LogP contribution in [0.2, 0.25) is 5.15 Å². The molecule has 1 amide bonds. The topological polar surface area (TPSA) is 62.2 Å². The van der Waals surface area contributed by atoms with E-state index in [-0.39, 0.29) is 23.1 Å². The lowest BCUT2D eigenvalue weighted by Crippen LogP contribution is -2.39. The molecule has 1 aromatic heterocycles. The SMILES string of the molecule is CCC(CC)(CO)CNC(=O)c1cc(Br)cnc1Cl. The predicted octanol–water partition coefficient (Wildman–Crippen LogP) is 3.03. The van der Waals surface area contributed by atoms with Gasteiger partial charge in [0, 0.05) is 22.6 Å². The standard InChI is InChI=1S/C13H18BrClN2O2/c1-3-13(4-2,8-18)7-17-12(19)10-5-9(14)6-16-11(10)15/h5-6,18H,3-4,7-8H2,1-2H3,(H,17,19). The molecule has 6 heteroatoms. The van der Waals surface area contributed by atoms with Crippen molar-refractivity contribution in [3.8, 4) is 0 Å². The Morgan fingerprint density at radius 2 is 2.16 bits per heavy atom. The summed E-state index contributed by atoms with van der Waals surface area (Å²) < 4.78 is 0.696. The average molecular weight is 350 g/mol. The Kier molecular flexibility index (Phi) is 6.23. The Balaban J connectivity index is 2.77. The number of carbonyl (C=O) groups excluding carboxylic acids is 1. The molecule has 0 spiro atoms. The van der Waals surface area contributed by atoms with E-state index in [1.54, 1.807) is 6.07 Å². The summed E-state index contributed by atoms with van der Waals surface area (Å²) in [5.74, 6) is -0.279. The van der Waals surface area contributed by atoms with Crippen LogP contribution in [-0.4, -0.2) is 29.1 Å². The molecule has 1 aromatic rings. The molecule has 0 aliphatic rings. The van der Waals surface area contributed by atoms with Gasteiger partial charge in [-0.15, -0.1) is 0 Å². The van der Waals surface area contributed by atoms with E-state index in [0.717, 1.165) is 12.8 Å². The molecule has 0 aromatic carbocycles. The fourth-order valence-corrected chi connectivity index (χ4v) is 2.24. The molecular formula is C13H18BrClN2O2. The highest BCUT2D eigenvalue weighted by molar-refractivity contribution is 9.10. The lowest BCUT2D eigenvalue weighted by molar-refractivity contribution is 0.0851. The fourth-order valence-electron chi connectivity index (χ4n) is 1.72. The summed E-state index contributed by atoms with van der Waals surface area (Å²) in [5, 5.41) is 12.4. The van der Waals surface area contributed by atoms with Crippen molar-refractivity contribution in [2.45, 2.75) is 26.7 Å². The van der Waals surface area contributed by atoms with Crippen LogP contribution in [0.15, 0.2) is 16.7 Å². The first-order chi connectivity index (χ1) is 8.98. The third kappa shape index (κ3) is 4.16. The molecule has 0 radical (unpaired) electrons. The van der Waals surface area contributed by atoms with E-state index in [9.17, 15) is 9.90 Å². The number of amides is 1. The molecule has 19 heavy (non-hydrogen) atoms. The van der Waals surface area contributed by atoms with E-state index in [1.165, 1.54) is 6.20 Å². The first-order valence-electron chi connectivity index (χ1n) is 6.18. The van der Waals surface area contributed by atoms with Gasteiger partial charge in [-0.3, -0.25) is 4.79 Å². The normalized spacial score (nSPS) is 11.4. The molecule has 0 aliphatic carbocycles. The van der Waals surface area contributed by atoms with Crippen LogP contribution in [0.25, 0.3) is 0 Å². The number of carbonyl (C=O) groups is 1. The van der Waals surface area contributed by atoms with Crippen LogP contribution in [0.1, 0.15) is 37.0 Å². The van der Waals surface area contributed by atoms with Crippen LogP contribution in [0.3, 0.4) is 0 Å². The zero-order valence-corrected chi connectivity index (χ0v) is 13.4. The van der Waals surface area contributed by atoms with Crippen molar-refractivity contribution in [2.75, 3.05) is 13.2 Å². The molecule has 4 nitrogen and oxygen atoms in total. The summed E-state index contributed by atoms with van der Waals surface area (Å²) in [7, 11) is 0. The van der Waals surface area contributed by atoms with E-state index in [0.29, 0.717) is 16.6 Å². The van der Waals surface area contributed by atoms with Crippen LogP contribution >= 0.6 is 27.5 Å². The summed E-state index contributed by atoms with van der Waals surface area (Å²) in [6.45, 7) is 4.46. The summed E-state index contributed by atoms with van der Waals surface area (Å²) in [6, 6.07) is 1.63. The summed E-state index contributed by atoms with van der Waals surface area (Å²) in [4.78, 5) is 16.0. The van der Waals surface area contributed by atoms with Crippen LogP contribution in [-0.2, 0) is 0 Å².